The van der Waals surface area contributed by atoms with E-state index in [1.807, 2.05) is 0 Å². The zero-order chi connectivity index (χ0) is 28.1. The standard InChI is InChI=1S/C26H24N4O9/c27-26(28)29-16-6-7-17-15(10-16)3-2-8-37-22-18(4-1-5-19(22)39-25(17)36)23(33)30(12-21(31)32)11-14-9-20(24(34)35)38-13-14/h1,4-7,9-10,13H,2-3,8,11-12H2,(H,31,32)(H,34,35)(H4,27,28,29). The van der Waals surface area contributed by atoms with E-state index in [4.69, 9.17) is 30.5 Å². The number of hydrogen-bond acceptors (Lipinski definition) is 8. The number of benzene rings is 2. The summed E-state index contributed by atoms with van der Waals surface area (Å²) in [5, 5.41) is 18.5. The molecule has 202 valence electrons. The number of carbonyl (C=O) groups excluding carboxylic acids is 2. The Morgan fingerprint density at radius 1 is 1.08 bits per heavy atom. The largest absolute Gasteiger partial charge is 0.489 e. The van der Waals surface area contributed by atoms with E-state index >= 15 is 0 Å². The first-order chi connectivity index (χ1) is 18.6. The molecular formula is C26H24N4O9. The van der Waals surface area contributed by atoms with Gasteiger partial charge in [0.05, 0.1) is 29.7 Å². The number of nitrogens with two attached hydrogens (primary N) is 2. The van der Waals surface area contributed by atoms with Gasteiger partial charge in [0.15, 0.2) is 17.5 Å². The van der Waals surface area contributed by atoms with Gasteiger partial charge in [-0.2, -0.15) is 0 Å². The third kappa shape index (κ3) is 6.33. The van der Waals surface area contributed by atoms with Crippen molar-refractivity contribution in [2.45, 2.75) is 19.4 Å². The molecule has 0 unspecified atom stereocenters. The molecule has 6 N–H and O–H groups in total. The number of nitrogens with zero attached hydrogens (tertiary/aromatic N) is 2. The number of carboxylic acid groups (broad SMARTS) is 2. The Bertz CT molecular complexity index is 1470. The van der Waals surface area contributed by atoms with Crippen molar-refractivity contribution in [3.05, 3.63) is 76.7 Å². The van der Waals surface area contributed by atoms with Crippen molar-refractivity contribution < 1.29 is 43.3 Å². The topological polar surface area (TPSA) is 208 Å². The second-order valence-corrected chi connectivity index (χ2v) is 8.53. The number of para-hydroxylation sites is 1. The predicted molar refractivity (Wildman–Crippen MR) is 135 cm³/mol. The molecule has 0 atom stereocenters. The SMILES string of the molecule is NC(N)=Nc1ccc2c(c1)CCCOc1c(cccc1C(=O)N(CC(=O)O)Cc1coc(C(=O)O)c1)OC2=O. The van der Waals surface area contributed by atoms with Gasteiger partial charge in [0.1, 0.15) is 6.54 Å². The first kappa shape index (κ1) is 26.7. The van der Waals surface area contributed by atoms with E-state index in [2.05, 4.69) is 4.99 Å². The highest BCUT2D eigenvalue weighted by molar-refractivity contribution is 6.00. The zero-order valence-electron chi connectivity index (χ0n) is 20.5. The van der Waals surface area contributed by atoms with E-state index in [9.17, 15) is 24.3 Å². The first-order valence-corrected chi connectivity index (χ1v) is 11.6. The van der Waals surface area contributed by atoms with Crippen LogP contribution in [-0.4, -0.2) is 58.0 Å². The first-order valence-electron chi connectivity index (χ1n) is 11.6. The van der Waals surface area contributed by atoms with E-state index in [1.54, 1.807) is 18.2 Å². The number of carboxylic acids is 2. The fourth-order valence-corrected chi connectivity index (χ4v) is 4.03. The highest BCUT2D eigenvalue weighted by Gasteiger charge is 2.27. The second-order valence-electron chi connectivity index (χ2n) is 8.53. The minimum absolute atomic E-state index is 0.0229. The molecule has 4 rings (SSSR count). The number of esters is 1. The third-order valence-electron chi connectivity index (χ3n) is 5.67. The van der Waals surface area contributed by atoms with Crippen molar-refractivity contribution in [1.29, 1.82) is 0 Å². The van der Waals surface area contributed by atoms with Crippen LogP contribution >= 0.6 is 0 Å². The van der Waals surface area contributed by atoms with Crippen LogP contribution in [0.15, 0.2) is 58.1 Å². The molecule has 2 heterocycles. The van der Waals surface area contributed by atoms with Gasteiger partial charge < -0.3 is 40.5 Å². The molecule has 13 heteroatoms. The van der Waals surface area contributed by atoms with Gasteiger partial charge in [-0.3, -0.25) is 9.59 Å². The number of aromatic carboxylic acids is 1. The fraction of sp³-hybridized carbons (Fsp3) is 0.192. The average molecular weight is 536 g/mol. The lowest BCUT2D eigenvalue weighted by molar-refractivity contribution is -0.137. The van der Waals surface area contributed by atoms with E-state index in [0.29, 0.717) is 24.1 Å². The van der Waals surface area contributed by atoms with Crippen molar-refractivity contribution in [2.75, 3.05) is 13.2 Å². The molecule has 1 amide bonds. The van der Waals surface area contributed by atoms with Crippen LogP contribution < -0.4 is 20.9 Å². The van der Waals surface area contributed by atoms with Crippen LogP contribution in [-0.2, 0) is 17.8 Å². The second kappa shape index (κ2) is 11.4. The number of carbonyl (C=O) groups is 4. The highest BCUT2D eigenvalue weighted by Crippen LogP contribution is 2.35. The normalized spacial score (nSPS) is 12.7. The highest BCUT2D eigenvalue weighted by atomic mass is 16.6. The molecule has 0 spiro atoms. The predicted octanol–water partition coefficient (Wildman–Crippen LogP) is 2.15. The summed E-state index contributed by atoms with van der Waals surface area (Å²) in [5.74, 6) is -4.56. The van der Waals surface area contributed by atoms with Crippen LogP contribution in [0.4, 0.5) is 5.69 Å². The molecular weight excluding hydrogens is 512 g/mol. The Labute approximate surface area is 221 Å². The van der Waals surface area contributed by atoms with Crippen molar-refractivity contribution in [3.8, 4) is 11.5 Å². The fourth-order valence-electron chi connectivity index (χ4n) is 4.03. The maximum Gasteiger partial charge on any atom is 0.371 e. The Hall–Kier alpha value is -5.33. The lowest BCUT2D eigenvalue weighted by Gasteiger charge is -2.23. The van der Waals surface area contributed by atoms with Gasteiger partial charge in [-0.1, -0.05) is 6.07 Å². The molecule has 1 aromatic heterocycles. The molecule has 2 aromatic carbocycles. The summed E-state index contributed by atoms with van der Waals surface area (Å²) in [4.78, 5) is 54.2. The van der Waals surface area contributed by atoms with Crippen LogP contribution in [0.25, 0.3) is 0 Å². The van der Waals surface area contributed by atoms with Crippen molar-refractivity contribution >= 4 is 35.5 Å². The van der Waals surface area contributed by atoms with Gasteiger partial charge >= 0.3 is 17.9 Å². The van der Waals surface area contributed by atoms with Crippen molar-refractivity contribution in [2.24, 2.45) is 16.5 Å². The summed E-state index contributed by atoms with van der Waals surface area (Å²) in [6.45, 7) is -0.804. The summed E-state index contributed by atoms with van der Waals surface area (Å²) < 4.78 is 16.4. The number of furan rings is 1. The van der Waals surface area contributed by atoms with Gasteiger partial charge in [0, 0.05) is 12.1 Å². The molecule has 0 aliphatic carbocycles. The summed E-state index contributed by atoms with van der Waals surface area (Å²) >= 11 is 0. The van der Waals surface area contributed by atoms with Crippen molar-refractivity contribution in [1.82, 2.24) is 4.90 Å². The van der Waals surface area contributed by atoms with Gasteiger partial charge in [-0.05, 0) is 54.8 Å². The Balaban J connectivity index is 1.66. The number of fused-ring (bicyclic) bond motifs is 2. The van der Waals surface area contributed by atoms with Crippen LogP contribution in [0.5, 0.6) is 11.5 Å². The molecule has 39 heavy (non-hydrogen) atoms. The van der Waals surface area contributed by atoms with Gasteiger partial charge in [0.25, 0.3) is 5.91 Å². The van der Waals surface area contributed by atoms with Crippen LogP contribution in [0.3, 0.4) is 0 Å². The van der Waals surface area contributed by atoms with Crippen molar-refractivity contribution in [3.63, 3.8) is 0 Å². The molecule has 1 aliphatic heterocycles. The maximum atomic E-state index is 13.5. The van der Waals surface area contributed by atoms with Gasteiger partial charge in [0.2, 0.25) is 5.76 Å². The third-order valence-corrected chi connectivity index (χ3v) is 5.67. The number of rotatable bonds is 7. The Morgan fingerprint density at radius 3 is 2.56 bits per heavy atom. The quantitative estimate of drug-likeness (QED) is 0.149. The van der Waals surface area contributed by atoms with E-state index in [-0.39, 0.29) is 53.1 Å². The Morgan fingerprint density at radius 2 is 1.87 bits per heavy atom. The molecule has 3 aromatic rings. The summed E-state index contributed by atoms with van der Waals surface area (Å²) in [7, 11) is 0. The van der Waals surface area contributed by atoms with Crippen LogP contribution in [0, 0.1) is 0 Å². The molecule has 0 fully saturated rings. The maximum absolute atomic E-state index is 13.5. The number of aliphatic carboxylic acids is 1. The minimum Gasteiger partial charge on any atom is -0.489 e. The van der Waals surface area contributed by atoms with Crippen LogP contribution in [0.1, 0.15) is 48.8 Å². The molecule has 0 saturated carbocycles. The smallest absolute Gasteiger partial charge is 0.371 e. The number of aliphatic imine (C=N–C) groups is 1. The zero-order valence-corrected chi connectivity index (χ0v) is 20.5. The summed E-state index contributed by atoms with van der Waals surface area (Å²) in [6.07, 6.45) is 2.00. The number of guanidine groups is 1. The van der Waals surface area contributed by atoms with E-state index in [0.717, 1.165) is 11.2 Å². The van der Waals surface area contributed by atoms with E-state index in [1.165, 1.54) is 24.3 Å². The van der Waals surface area contributed by atoms with Gasteiger partial charge in [-0.25, -0.2) is 14.6 Å². The lowest BCUT2D eigenvalue weighted by atomic mass is 10.0. The molecule has 1 aliphatic rings. The van der Waals surface area contributed by atoms with Gasteiger partial charge in [-0.15, -0.1) is 0 Å². The molecule has 0 saturated heterocycles. The summed E-state index contributed by atoms with van der Waals surface area (Å²) in [5.41, 5.74) is 12.5. The number of ether oxygens (including phenoxy) is 2. The molecule has 13 nitrogen and oxygen atoms in total. The monoisotopic (exact) mass is 536 g/mol. The number of aryl methyl sites for hydroxylation is 1. The average Bonchev–Trinajstić information content (AvgIpc) is 3.34. The Kier molecular flexibility index (Phi) is 7.80. The minimum atomic E-state index is -1.31. The number of hydrogen-bond donors (Lipinski definition) is 4. The summed E-state index contributed by atoms with van der Waals surface area (Å²) in [6, 6.07) is 10.3. The molecule has 0 bridgehead atoms. The lowest BCUT2D eigenvalue weighted by Crippen LogP contribution is -2.35. The van der Waals surface area contributed by atoms with E-state index < -0.39 is 30.4 Å². The molecule has 0 radical (unpaired) electrons. The van der Waals surface area contributed by atoms with Crippen LogP contribution in [0.2, 0.25) is 0 Å². The number of amides is 1.